The van der Waals surface area contributed by atoms with Gasteiger partial charge in [0, 0.05) is 39.3 Å². The van der Waals surface area contributed by atoms with E-state index < -0.39 is 0 Å². The molecule has 4 heteroatoms. The number of likely N-dealkylation sites (tertiary alicyclic amines) is 1. The molecule has 23 heavy (non-hydrogen) atoms. The lowest BCUT2D eigenvalue weighted by Crippen LogP contribution is -2.48. The van der Waals surface area contributed by atoms with E-state index >= 15 is 0 Å². The van der Waals surface area contributed by atoms with E-state index in [1.165, 1.54) is 57.5 Å². The maximum atomic E-state index is 5.50. The van der Waals surface area contributed by atoms with Crippen LogP contribution < -0.4 is 9.64 Å². The lowest BCUT2D eigenvalue weighted by Gasteiger charge is -2.37. The molecule has 128 valence electrons. The lowest BCUT2D eigenvalue weighted by molar-refractivity contribution is 0.199. The molecule has 2 fully saturated rings. The van der Waals surface area contributed by atoms with Crippen LogP contribution in [0.15, 0.2) is 24.3 Å². The van der Waals surface area contributed by atoms with E-state index in [4.69, 9.17) is 4.74 Å². The highest BCUT2D eigenvalue weighted by Crippen LogP contribution is 2.28. The second kappa shape index (κ2) is 8.55. The van der Waals surface area contributed by atoms with Crippen molar-refractivity contribution in [3.8, 4) is 5.75 Å². The fraction of sp³-hybridized carbons (Fsp3) is 0.684. The first-order valence-electron chi connectivity index (χ1n) is 9.19. The minimum absolute atomic E-state index is 0.991. The molecule has 0 saturated carbocycles. The largest absolute Gasteiger partial charge is 0.495 e. The summed E-state index contributed by atoms with van der Waals surface area (Å²) < 4.78 is 5.50. The van der Waals surface area contributed by atoms with E-state index in [9.17, 15) is 0 Å². The molecule has 1 aromatic carbocycles. The van der Waals surface area contributed by atoms with Gasteiger partial charge in [0.05, 0.1) is 12.8 Å². The summed E-state index contributed by atoms with van der Waals surface area (Å²) in [5.41, 5.74) is 1.24. The van der Waals surface area contributed by atoms with E-state index in [0.717, 1.165) is 31.9 Å². The van der Waals surface area contributed by atoms with Gasteiger partial charge in [0.25, 0.3) is 0 Å². The lowest BCUT2D eigenvalue weighted by atomic mass is 10.2. The number of ether oxygens (including phenoxy) is 1. The summed E-state index contributed by atoms with van der Waals surface area (Å²) in [6.45, 7) is 9.59. The molecular weight excluding hydrogens is 286 g/mol. The third-order valence-corrected chi connectivity index (χ3v) is 5.23. The van der Waals surface area contributed by atoms with Gasteiger partial charge < -0.3 is 14.5 Å². The second-order valence-corrected chi connectivity index (χ2v) is 6.76. The molecule has 0 aliphatic carbocycles. The summed E-state index contributed by atoms with van der Waals surface area (Å²) in [5, 5.41) is 0. The highest BCUT2D eigenvalue weighted by atomic mass is 16.5. The van der Waals surface area contributed by atoms with Gasteiger partial charge in [-0.25, -0.2) is 0 Å². The predicted octanol–water partition coefficient (Wildman–Crippen LogP) is 2.69. The van der Waals surface area contributed by atoms with Crippen LogP contribution in [0.2, 0.25) is 0 Å². The maximum Gasteiger partial charge on any atom is 0.142 e. The summed E-state index contributed by atoms with van der Waals surface area (Å²) in [5.74, 6) is 0.991. The molecule has 0 spiro atoms. The summed E-state index contributed by atoms with van der Waals surface area (Å²) >= 11 is 0. The van der Waals surface area contributed by atoms with Crippen LogP contribution in [0, 0.1) is 0 Å². The molecule has 2 saturated heterocycles. The molecule has 0 radical (unpaired) electrons. The maximum absolute atomic E-state index is 5.50. The van der Waals surface area contributed by atoms with Crippen LogP contribution in [0.5, 0.6) is 5.75 Å². The number of para-hydroxylation sites is 2. The van der Waals surface area contributed by atoms with Crippen molar-refractivity contribution in [2.45, 2.75) is 25.7 Å². The SMILES string of the molecule is COc1ccccc1N1CCN(CCN2CCCCCC2)CC1. The summed E-state index contributed by atoms with van der Waals surface area (Å²) in [4.78, 5) is 7.75. The van der Waals surface area contributed by atoms with Gasteiger partial charge in [0.2, 0.25) is 0 Å². The van der Waals surface area contributed by atoms with Crippen molar-refractivity contribution in [2.24, 2.45) is 0 Å². The van der Waals surface area contributed by atoms with E-state index in [0.29, 0.717) is 0 Å². The van der Waals surface area contributed by atoms with Crippen LogP contribution in [-0.2, 0) is 0 Å². The van der Waals surface area contributed by atoms with Crippen molar-refractivity contribution >= 4 is 5.69 Å². The first kappa shape index (κ1) is 16.6. The van der Waals surface area contributed by atoms with E-state index in [1.54, 1.807) is 7.11 Å². The molecule has 2 heterocycles. The molecule has 2 aliphatic heterocycles. The Kier molecular flexibility index (Phi) is 6.17. The highest BCUT2D eigenvalue weighted by molar-refractivity contribution is 5.58. The predicted molar refractivity (Wildman–Crippen MR) is 96.6 cm³/mol. The van der Waals surface area contributed by atoms with Gasteiger partial charge in [0.1, 0.15) is 5.75 Å². The topological polar surface area (TPSA) is 19.0 Å². The fourth-order valence-electron chi connectivity index (χ4n) is 3.75. The summed E-state index contributed by atoms with van der Waals surface area (Å²) in [6.07, 6.45) is 5.63. The molecule has 1 aromatic rings. The molecule has 0 bridgehead atoms. The van der Waals surface area contributed by atoms with Gasteiger partial charge in [-0.3, -0.25) is 4.90 Å². The molecule has 0 aromatic heterocycles. The molecule has 0 atom stereocenters. The molecule has 0 unspecified atom stereocenters. The van der Waals surface area contributed by atoms with Crippen LogP contribution in [0.25, 0.3) is 0 Å². The third kappa shape index (κ3) is 4.61. The first-order valence-corrected chi connectivity index (χ1v) is 9.19. The van der Waals surface area contributed by atoms with Crippen LogP contribution in [-0.4, -0.2) is 69.3 Å². The molecular formula is C19H31N3O. The molecule has 2 aliphatic rings. The van der Waals surface area contributed by atoms with Gasteiger partial charge in [-0.15, -0.1) is 0 Å². The average Bonchev–Trinajstić information content (AvgIpc) is 2.89. The molecule has 4 nitrogen and oxygen atoms in total. The Balaban J connectivity index is 1.45. The number of anilines is 1. The molecule has 3 rings (SSSR count). The van der Waals surface area contributed by atoms with Crippen molar-refractivity contribution < 1.29 is 4.74 Å². The van der Waals surface area contributed by atoms with Crippen LogP contribution >= 0.6 is 0 Å². The number of piperazine rings is 1. The number of hydrogen-bond acceptors (Lipinski definition) is 4. The van der Waals surface area contributed by atoms with Crippen molar-refractivity contribution in [3.05, 3.63) is 24.3 Å². The molecule has 0 N–H and O–H groups in total. The van der Waals surface area contributed by atoms with E-state index in [1.807, 2.05) is 6.07 Å². The van der Waals surface area contributed by atoms with Crippen molar-refractivity contribution in [2.75, 3.05) is 64.4 Å². The number of nitrogens with zero attached hydrogens (tertiary/aromatic N) is 3. The Morgan fingerprint density at radius 3 is 2.04 bits per heavy atom. The zero-order chi connectivity index (χ0) is 15.9. The highest BCUT2D eigenvalue weighted by Gasteiger charge is 2.20. The summed E-state index contributed by atoms with van der Waals surface area (Å²) in [6, 6.07) is 8.37. The number of hydrogen-bond donors (Lipinski definition) is 0. The Hall–Kier alpha value is -1.26. The zero-order valence-electron chi connectivity index (χ0n) is 14.5. The van der Waals surface area contributed by atoms with Gasteiger partial charge in [-0.1, -0.05) is 25.0 Å². The van der Waals surface area contributed by atoms with E-state index in [2.05, 4.69) is 32.9 Å². The first-order chi connectivity index (χ1) is 11.4. The van der Waals surface area contributed by atoms with Crippen LogP contribution in [0.3, 0.4) is 0 Å². The van der Waals surface area contributed by atoms with Gasteiger partial charge >= 0.3 is 0 Å². The average molecular weight is 317 g/mol. The Bertz CT molecular complexity index is 463. The number of methoxy groups -OCH3 is 1. The summed E-state index contributed by atoms with van der Waals surface area (Å²) in [7, 11) is 1.76. The van der Waals surface area contributed by atoms with Crippen molar-refractivity contribution in [1.29, 1.82) is 0 Å². The quantitative estimate of drug-likeness (QED) is 0.831. The minimum atomic E-state index is 0.991. The third-order valence-electron chi connectivity index (χ3n) is 5.23. The van der Waals surface area contributed by atoms with E-state index in [-0.39, 0.29) is 0 Å². The van der Waals surface area contributed by atoms with Crippen molar-refractivity contribution in [3.63, 3.8) is 0 Å². The minimum Gasteiger partial charge on any atom is -0.495 e. The molecule has 0 amide bonds. The standard InChI is InChI=1S/C19H31N3O/c1-23-19-9-5-4-8-18(19)22-16-14-21(15-17-22)13-12-20-10-6-2-3-7-11-20/h4-5,8-9H,2-3,6-7,10-17H2,1H3. The second-order valence-electron chi connectivity index (χ2n) is 6.76. The van der Waals surface area contributed by atoms with Crippen LogP contribution in [0.1, 0.15) is 25.7 Å². The Morgan fingerprint density at radius 1 is 0.783 bits per heavy atom. The zero-order valence-corrected chi connectivity index (χ0v) is 14.5. The fourth-order valence-corrected chi connectivity index (χ4v) is 3.75. The van der Waals surface area contributed by atoms with Gasteiger partial charge in [0.15, 0.2) is 0 Å². The normalized spacial score (nSPS) is 21.2. The van der Waals surface area contributed by atoms with Crippen molar-refractivity contribution in [1.82, 2.24) is 9.80 Å². The monoisotopic (exact) mass is 317 g/mol. The van der Waals surface area contributed by atoms with Crippen LogP contribution in [0.4, 0.5) is 5.69 Å². The Morgan fingerprint density at radius 2 is 1.39 bits per heavy atom. The van der Waals surface area contributed by atoms with Gasteiger partial charge in [-0.05, 0) is 38.1 Å². The smallest absolute Gasteiger partial charge is 0.142 e. The number of benzene rings is 1. The Labute approximate surface area is 141 Å². The number of rotatable bonds is 5. The van der Waals surface area contributed by atoms with Gasteiger partial charge in [-0.2, -0.15) is 0 Å².